The Morgan fingerprint density at radius 2 is 1.68 bits per heavy atom. The second kappa shape index (κ2) is 9.72. The van der Waals surface area contributed by atoms with Gasteiger partial charge in [-0.3, -0.25) is 0 Å². The lowest BCUT2D eigenvalue weighted by Crippen LogP contribution is -2.06. The molecule has 0 bridgehead atoms. The zero-order valence-electron chi connectivity index (χ0n) is 16.0. The number of aryl methyl sites for hydroxylation is 1. The van der Waals surface area contributed by atoms with Crippen LogP contribution in [0.4, 0.5) is 5.69 Å². The van der Waals surface area contributed by atoms with E-state index in [0.29, 0.717) is 29.8 Å². The summed E-state index contributed by atoms with van der Waals surface area (Å²) >= 11 is 12.3. The Kier molecular flexibility index (Phi) is 7.07. The number of para-hydroxylation sites is 1. The summed E-state index contributed by atoms with van der Waals surface area (Å²) in [7, 11) is 0. The molecule has 0 saturated carbocycles. The van der Waals surface area contributed by atoms with Crippen LogP contribution >= 0.6 is 23.2 Å². The van der Waals surface area contributed by atoms with E-state index in [2.05, 4.69) is 36.5 Å². The van der Waals surface area contributed by atoms with Gasteiger partial charge in [-0.15, -0.1) is 0 Å². The van der Waals surface area contributed by atoms with Gasteiger partial charge in [0.05, 0.1) is 6.61 Å². The molecule has 0 unspecified atom stereocenters. The number of hydrogen-bond acceptors (Lipinski definition) is 3. The Morgan fingerprint density at radius 1 is 0.893 bits per heavy atom. The summed E-state index contributed by atoms with van der Waals surface area (Å²) < 4.78 is 11.9. The van der Waals surface area contributed by atoms with Crippen LogP contribution in [-0.2, 0) is 13.2 Å². The first kappa shape index (κ1) is 20.4. The number of ether oxygens (including phenoxy) is 2. The van der Waals surface area contributed by atoms with Crippen molar-refractivity contribution in [3.05, 3.63) is 87.4 Å². The number of anilines is 1. The quantitative estimate of drug-likeness (QED) is 0.434. The zero-order valence-corrected chi connectivity index (χ0v) is 17.5. The van der Waals surface area contributed by atoms with E-state index < -0.39 is 0 Å². The molecule has 0 aliphatic rings. The Bertz CT molecular complexity index is 926. The minimum absolute atomic E-state index is 0.331. The fourth-order valence-corrected chi connectivity index (χ4v) is 3.25. The van der Waals surface area contributed by atoms with Gasteiger partial charge < -0.3 is 14.8 Å². The van der Waals surface area contributed by atoms with Gasteiger partial charge in [0, 0.05) is 33.4 Å². The summed E-state index contributed by atoms with van der Waals surface area (Å²) in [5.74, 6) is 1.44. The zero-order chi connectivity index (χ0) is 19.9. The highest BCUT2D eigenvalue weighted by atomic mass is 35.5. The van der Waals surface area contributed by atoms with Gasteiger partial charge in [0.25, 0.3) is 0 Å². The van der Waals surface area contributed by atoms with Crippen LogP contribution in [0, 0.1) is 6.92 Å². The Hall–Kier alpha value is -2.36. The second-order valence-corrected chi connectivity index (χ2v) is 7.27. The molecule has 3 aromatic carbocycles. The van der Waals surface area contributed by atoms with Crippen LogP contribution in [0.5, 0.6) is 11.5 Å². The summed E-state index contributed by atoms with van der Waals surface area (Å²) in [6.45, 7) is 5.54. The molecule has 1 N–H and O–H groups in total. The Labute approximate surface area is 176 Å². The van der Waals surface area contributed by atoms with E-state index in [1.54, 1.807) is 12.1 Å². The molecule has 0 radical (unpaired) electrons. The molecule has 0 atom stereocenters. The number of halogens is 2. The molecule has 0 heterocycles. The van der Waals surface area contributed by atoms with Crippen LogP contribution < -0.4 is 14.8 Å². The molecular weight excluding hydrogens is 393 g/mol. The van der Waals surface area contributed by atoms with Gasteiger partial charge in [-0.25, -0.2) is 0 Å². The lowest BCUT2D eigenvalue weighted by atomic mass is 10.1. The molecule has 0 aromatic heterocycles. The maximum Gasteiger partial charge on any atom is 0.166 e. The third-order valence-electron chi connectivity index (χ3n) is 4.28. The van der Waals surface area contributed by atoms with E-state index in [1.807, 2.05) is 31.2 Å². The monoisotopic (exact) mass is 415 g/mol. The predicted molar refractivity (Wildman–Crippen MR) is 117 cm³/mol. The minimum Gasteiger partial charge on any atom is -0.490 e. The number of nitrogens with one attached hydrogen (secondary N) is 1. The van der Waals surface area contributed by atoms with Crippen LogP contribution in [-0.4, -0.2) is 6.61 Å². The van der Waals surface area contributed by atoms with Crippen molar-refractivity contribution in [3.8, 4) is 11.5 Å². The van der Waals surface area contributed by atoms with E-state index in [0.717, 1.165) is 28.3 Å². The molecule has 0 aliphatic heterocycles. The first-order valence-corrected chi connectivity index (χ1v) is 9.94. The molecule has 3 aromatic rings. The molecule has 0 spiro atoms. The SMILES string of the molecule is CCOc1cccc(CNc2ccc(C)cc2)c1OCc1ccc(Cl)cc1Cl. The van der Waals surface area contributed by atoms with Crippen molar-refractivity contribution in [1.82, 2.24) is 0 Å². The largest absolute Gasteiger partial charge is 0.490 e. The predicted octanol–water partition coefficient (Wildman–Crippen LogP) is 6.89. The summed E-state index contributed by atoms with van der Waals surface area (Å²) in [5, 5.41) is 4.62. The molecular formula is C23H23Cl2NO2. The van der Waals surface area contributed by atoms with E-state index >= 15 is 0 Å². The van der Waals surface area contributed by atoms with Gasteiger partial charge in [-0.1, -0.05) is 59.1 Å². The average molecular weight is 416 g/mol. The van der Waals surface area contributed by atoms with Gasteiger partial charge in [0.2, 0.25) is 0 Å². The molecule has 28 heavy (non-hydrogen) atoms. The van der Waals surface area contributed by atoms with Crippen molar-refractivity contribution in [3.63, 3.8) is 0 Å². The van der Waals surface area contributed by atoms with E-state index in [1.165, 1.54) is 5.56 Å². The maximum absolute atomic E-state index is 6.28. The normalized spacial score (nSPS) is 10.6. The summed E-state index contributed by atoms with van der Waals surface area (Å²) in [4.78, 5) is 0. The highest BCUT2D eigenvalue weighted by molar-refractivity contribution is 6.35. The van der Waals surface area contributed by atoms with Crippen LogP contribution in [0.1, 0.15) is 23.6 Å². The van der Waals surface area contributed by atoms with Crippen LogP contribution in [0.15, 0.2) is 60.7 Å². The lowest BCUT2D eigenvalue weighted by Gasteiger charge is -2.17. The molecule has 0 saturated heterocycles. The topological polar surface area (TPSA) is 30.5 Å². The molecule has 5 heteroatoms. The van der Waals surface area contributed by atoms with Crippen molar-refractivity contribution in [2.24, 2.45) is 0 Å². The van der Waals surface area contributed by atoms with Gasteiger partial charge in [-0.2, -0.15) is 0 Å². The third kappa shape index (κ3) is 5.34. The van der Waals surface area contributed by atoms with Crippen molar-refractivity contribution in [2.45, 2.75) is 27.0 Å². The van der Waals surface area contributed by atoms with Crippen molar-refractivity contribution in [1.29, 1.82) is 0 Å². The molecule has 3 nitrogen and oxygen atoms in total. The Morgan fingerprint density at radius 3 is 2.39 bits per heavy atom. The number of rotatable bonds is 8. The highest BCUT2D eigenvalue weighted by Crippen LogP contribution is 2.33. The third-order valence-corrected chi connectivity index (χ3v) is 4.87. The van der Waals surface area contributed by atoms with Gasteiger partial charge >= 0.3 is 0 Å². The molecule has 0 amide bonds. The molecule has 0 aliphatic carbocycles. The van der Waals surface area contributed by atoms with E-state index in [-0.39, 0.29) is 0 Å². The first-order valence-electron chi connectivity index (χ1n) is 9.18. The minimum atomic E-state index is 0.331. The molecule has 146 valence electrons. The highest BCUT2D eigenvalue weighted by Gasteiger charge is 2.12. The van der Waals surface area contributed by atoms with Crippen LogP contribution in [0.3, 0.4) is 0 Å². The van der Waals surface area contributed by atoms with Crippen LogP contribution in [0.25, 0.3) is 0 Å². The Balaban J connectivity index is 1.79. The van der Waals surface area contributed by atoms with Gasteiger partial charge in [0.1, 0.15) is 6.61 Å². The van der Waals surface area contributed by atoms with Crippen molar-refractivity contribution < 1.29 is 9.47 Å². The fraction of sp³-hybridized carbons (Fsp3) is 0.217. The smallest absolute Gasteiger partial charge is 0.166 e. The fourth-order valence-electron chi connectivity index (χ4n) is 2.79. The van der Waals surface area contributed by atoms with Gasteiger partial charge in [0.15, 0.2) is 11.5 Å². The first-order chi connectivity index (χ1) is 13.6. The van der Waals surface area contributed by atoms with E-state index in [4.69, 9.17) is 32.7 Å². The summed E-state index contributed by atoms with van der Waals surface area (Å²) in [6.07, 6.45) is 0. The van der Waals surface area contributed by atoms with Crippen molar-refractivity contribution >= 4 is 28.9 Å². The average Bonchev–Trinajstić information content (AvgIpc) is 2.68. The van der Waals surface area contributed by atoms with Crippen LogP contribution in [0.2, 0.25) is 10.0 Å². The van der Waals surface area contributed by atoms with E-state index in [9.17, 15) is 0 Å². The van der Waals surface area contributed by atoms with Crippen molar-refractivity contribution in [2.75, 3.05) is 11.9 Å². The lowest BCUT2D eigenvalue weighted by molar-refractivity contribution is 0.267. The maximum atomic E-state index is 6.28. The van der Waals surface area contributed by atoms with Gasteiger partial charge in [-0.05, 0) is 44.2 Å². The number of benzene rings is 3. The number of hydrogen-bond donors (Lipinski definition) is 1. The summed E-state index contributed by atoms with van der Waals surface area (Å²) in [5.41, 5.74) is 4.17. The second-order valence-electron chi connectivity index (χ2n) is 6.42. The standard InChI is InChI=1S/C23H23Cl2NO2/c1-3-27-22-6-4-5-17(14-26-20-11-7-16(2)8-12-20)23(22)28-15-18-9-10-19(24)13-21(18)25/h4-13,26H,3,14-15H2,1-2H3. The molecule has 0 fully saturated rings. The molecule has 3 rings (SSSR count). The summed E-state index contributed by atoms with van der Waals surface area (Å²) in [6, 6.07) is 19.6.